The van der Waals surface area contributed by atoms with Crippen LogP contribution in [0.25, 0.3) is 0 Å². The van der Waals surface area contributed by atoms with Crippen molar-refractivity contribution < 1.29 is 18.8 Å². The molecule has 0 unspecified atom stereocenters. The number of Topliss-reactive ketones (excluding diaryl/α,β-unsaturated/α-hetero) is 1. The Labute approximate surface area is 122 Å². The molecule has 1 rings (SSSR count). The van der Waals surface area contributed by atoms with Crippen molar-refractivity contribution in [3.63, 3.8) is 0 Å². The third-order valence-electron chi connectivity index (χ3n) is 4.64. The highest BCUT2D eigenvalue weighted by atomic mass is 28.4. The van der Waals surface area contributed by atoms with E-state index in [0.717, 1.165) is 0 Å². The molecule has 0 aromatic carbocycles. The first-order valence-electron chi connectivity index (χ1n) is 6.87. The van der Waals surface area contributed by atoms with Crippen LogP contribution in [0.3, 0.4) is 0 Å². The van der Waals surface area contributed by atoms with Gasteiger partial charge in [-0.15, -0.1) is 0 Å². The summed E-state index contributed by atoms with van der Waals surface area (Å²) in [7, 11) is -0.778. The van der Waals surface area contributed by atoms with Gasteiger partial charge in [0.1, 0.15) is 0 Å². The standard InChI is InChI=1S/C15H26O4Si/c1-10-9-11(19-20(7,8)14(2,3)4)15(5,12(10)16)13(17)18-6/h9,11H,1-8H3/t11-,15+/m1/s1. The van der Waals surface area contributed by atoms with E-state index in [9.17, 15) is 9.59 Å². The summed E-state index contributed by atoms with van der Waals surface area (Å²) in [5.41, 5.74) is -0.685. The third-order valence-corrected chi connectivity index (χ3v) is 9.09. The molecule has 0 fully saturated rings. The van der Waals surface area contributed by atoms with Gasteiger partial charge in [0.05, 0.1) is 13.2 Å². The highest BCUT2D eigenvalue weighted by molar-refractivity contribution is 6.74. The molecule has 0 N–H and O–H groups in total. The second-order valence-electron chi connectivity index (χ2n) is 7.17. The smallest absolute Gasteiger partial charge is 0.322 e. The lowest BCUT2D eigenvalue weighted by Crippen LogP contribution is -2.51. The molecule has 0 radical (unpaired) electrons. The van der Waals surface area contributed by atoms with E-state index >= 15 is 0 Å². The van der Waals surface area contributed by atoms with Gasteiger partial charge < -0.3 is 9.16 Å². The van der Waals surface area contributed by atoms with Gasteiger partial charge in [-0.1, -0.05) is 20.8 Å². The lowest BCUT2D eigenvalue weighted by atomic mass is 9.84. The van der Waals surface area contributed by atoms with Crippen LogP contribution in [0.4, 0.5) is 0 Å². The Morgan fingerprint density at radius 2 is 1.85 bits per heavy atom. The Hall–Kier alpha value is -0.943. The predicted octanol–water partition coefficient (Wildman–Crippen LogP) is 3.09. The van der Waals surface area contributed by atoms with Gasteiger partial charge in [0, 0.05) is 0 Å². The van der Waals surface area contributed by atoms with E-state index in [1.807, 2.05) is 0 Å². The highest BCUT2D eigenvalue weighted by Gasteiger charge is 2.55. The molecule has 4 nitrogen and oxygen atoms in total. The van der Waals surface area contributed by atoms with Crippen molar-refractivity contribution in [2.45, 2.75) is 58.9 Å². The van der Waals surface area contributed by atoms with Crippen molar-refractivity contribution >= 4 is 20.1 Å². The number of hydrogen-bond donors (Lipinski definition) is 0. The van der Waals surface area contributed by atoms with Gasteiger partial charge >= 0.3 is 5.97 Å². The third kappa shape index (κ3) is 2.61. The van der Waals surface area contributed by atoms with Crippen molar-refractivity contribution in [2.75, 3.05) is 7.11 Å². The topological polar surface area (TPSA) is 52.6 Å². The number of carbonyl (C=O) groups is 2. The molecule has 5 heteroatoms. The van der Waals surface area contributed by atoms with Crippen molar-refractivity contribution in [3.8, 4) is 0 Å². The summed E-state index contributed by atoms with van der Waals surface area (Å²) in [6, 6.07) is 0. The minimum atomic E-state index is -2.08. The molecule has 0 aromatic heterocycles. The van der Waals surface area contributed by atoms with Gasteiger partial charge in [-0.2, -0.15) is 0 Å². The fourth-order valence-electron chi connectivity index (χ4n) is 2.08. The molecule has 114 valence electrons. The van der Waals surface area contributed by atoms with Crippen molar-refractivity contribution in [1.82, 2.24) is 0 Å². The molecule has 2 atom stereocenters. The molecule has 0 spiro atoms. The fraction of sp³-hybridized carbons (Fsp3) is 0.733. The van der Waals surface area contributed by atoms with Crippen LogP contribution in [0, 0.1) is 5.41 Å². The summed E-state index contributed by atoms with van der Waals surface area (Å²) in [6.07, 6.45) is 1.23. The van der Waals surface area contributed by atoms with Gasteiger partial charge in [0.15, 0.2) is 19.5 Å². The van der Waals surface area contributed by atoms with Crippen LogP contribution in [0.2, 0.25) is 18.1 Å². The number of carbonyl (C=O) groups excluding carboxylic acids is 2. The van der Waals surface area contributed by atoms with Gasteiger partial charge in [-0.3, -0.25) is 9.59 Å². The summed E-state index contributed by atoms with van der Waals surface area (Å²) in [5, 5.41) is 0.0113. The zero-order valence-electron chi connectivity index (χ0n) is 13.8. The van der Waals surface area contributed by atoms with E-state index in [4.69, 9.17) is 9.16 Å². The van der Waals surface area contributed by atoms with Crippen LogP contribution in [-0.2, 0) is 18.8 Å². The normalized spacial score (nSPS) is 27.5. The Balaban J connectivity index is 3.16. The van der Waals surface area contributed by atoms with Gasteiger partial charge in [0.2, 0.25) is 0 Å². The minimum Gasteiger partial charge on any atom is -0.468 e. The molecule has 0 amide bonds. The monoisotopic (exact) mass is 298 g/mol. The molecule has 0 bridgehead atoms. The average Bonchev–Trinajstić information content (AvgIpc) is 2.52. The number of ether oxygens (including phenoxy) is 1. The SMILES string of the molecule is COC(=O)[C@]1(C)C(=O)C(C)=C[C@H]1O[Si](C)(C)C(C)(C)C. The number of esters is 1. The molecule has 0 aromatic rings. The summed E-state index contributed by atoms with van der Waals surface area (Å²) >= 11 is 0. The van der Waals surface area contributed by atoms with Crippen LogP contribution >= 0.6 is 0 Å². The van der Waals surface area contributed by atoms with Crippen molar-refractivity contribution in [3.05, 3.63) is 11.6 Å². The second-order valence-corrected chi connectivity index (χ2v) is 11.9. The van der Waals surface area contributed by atoms with Gasteiger partial charge in [0.25, 0.3) is 0 Å². The number of hydrogen-bond acceptors (Lipinski definition) is 4. The molecule has 1 aliphatic carbocycles. The van der Waals surface area contributed by atoms with E-state index in [-0.39, 0.29) is 10.8 Å². The molecular formula is C15H26O4Si. The van der Waals surface area contributed by atoms with Crippen molar-refractivity contribution in [1.29, 1.82) is 0 Å². The maximum Gasteiger partial charge on any atom is 0.322 e. The maximum absolute atomic E-state index is 12.3. The van der Waals surface area contributed by atoms with E-state index in [0.29, 0.717) is 5.57 Å². The first-order chi connectivity index (χ1) is 8.88. The fourth-order valence-corrected chi connectivity index (χ4v) is 3.37. The molecule has 1 aliphatic rings. The van der Waals surface area contributed by atoms with Gasteiger partial charge in [-0.25, -0.2) is 0 Å². The highest BCUT2D eigenvalue weighted by Crippen LogP contribution is 2.43. The number of ketones is 1. The average molecular weight is 298 g/mol. The zero-order valence-corrected chi connectivity index (χ0v) is 14.8. The van der Waals surface area contributed by atoms with E-state index in [1.165, 1.54) is 7.11 Å². The number of rotatable bonds is 3. The minimum absolute atomic E-state index is 0.0113. The molecule has 0 saturated heterocycles. The second kappa shape index (κ2) is 5.11. The van der Waals surface area contributed by atoms with Crippen LogP contribution < -0.4 is 0 Å². The molecule has 20 heavy (non-hydrogen) atoms. The van der Waals surface area contributed by atoms with Crippen LogP contribution in [-0.4, -0.2) is 33.3 Å². The lowest BCUT2D eigenvalue weighted by molar-refractivity contribution is -0.159. The summed E-state index contributed by atoms with van der Waals surface area (Å²) in [6.45, 7) is 13.9. The van der Waals surface area contributed by atoms with Crippen LogP contribution in [0.15, 0.2) is 11.6 Å². The largest absolute Gasteiger partial charge is 0.468 e. The molecular weight excluding hydrogens is 272 g/mol. The Morgan fingerprint density at radius 3 is 2.25 bits per heavy atom. The first kappa shape index (κ1) is 17.1. The van der Waals surface area contributed by atoms with Crippen LogP contribution in [0.5, 0.6) is 0 Å². The Morgan fingerprint density at radius 1 is 1.35 bits per heavy atom. The molecule has 0 heterocycles. The Kier molecular flexibility index (Phi) is 4.37. The maximum atomic E-state index is 12.3. The summed E-state index contributed by atoms with van der Waals surface area (Å²) in [4.78, 5) is 24.4. The number of allylic oxidation sites excluding steroid dienone is 1. The first-order valence-corrected chi connectivity index (χ1v) is 9.78. The molecule has 0 saturated carbocycles. The van der Waals surface area contributed by atoms with E-state index < -0.39 is 25.8 Å². The lowest BCUT2D eigenvalue weighted by Gasteiger charge is -2.41. The van der Waals surface area contributed by atoms with Gasteiger partial charge in [-0.05, 0) is 43.6 Å². The predicted molar refractivity (Wildman–Crippen MR) is 81.0 cm³/mol. The van der Waals surface area contributed by atoms with E-state index in [2.05, 4.69) is 33.9 Å². The summed E-state index contributed by atoms with van der Waals surface area (Å²) in [5.74, 6) is -0.729. The van der Waals surface area contributed by atoms with Crippen LogP contribution in [0.1, 0.15) is 34.6 Å². The molecule has 0 aliphatic heterocycles. The zero-order chi connectivity index (χ0) is 15.9. The number of methoxy groups -OCH3 is 1. The summed E-state index contributed by atoms with van der Waals surface area (Å²) < 4.78 is 11.1. The van der Waals surface area contributed by atoms with E-state index in [1.54, 1.807) is 19.9 Å². The quantitative estimate of drug-likeness (QED) is 0.456. The van der Waals surface area contributed by atoms with Crippen molar-refractivity contribution in [2.24, 2.45) is 5.41 Å². The Bertz CT molecular complexity index is 459.